The molecule has 2 heterocycles. The van der Waals surface area contributed by atoms with Crippen molar-refractivity contribution < 1.29 is 24.0 Å². The van der Waals surface area contributed by atoms with Gasteiger partial charge in [0, 0.05) is 33.1 Å². The molecule has 4 rings (SSSR count). The summed E-state index contributed by atoms with van der Waals surface area (Å²) in [7, 11) is 1.49. The molecular weight excluding hydrogens is 560 g/mol. The number of carbonyl (C=O) groups excluding carboxylic acids is 5. The van der Waals surface area contributed by atoms with Crippen molar-refractivity contribution >= 4 is 29.5 Å². The van der Waals surface area contributed by atoms with Crippen molar-refractivity contribution in [3.8, 4) is 0 Å². The zero-order valence-electron chi connectivity index (χ0n) is 26.0. The molecule has 4 N–H and O–H groups in total. The van der Waals surface area contributed by atoms with Crippen LogP contribution in [0.1, 0.15) is 43.9 Å². The maximum atomic E-state index is 13.9. The Hall–Kier alpha value is -4.25. The number of amides is 5. The van der Waals surface area contributed by atoms with Crippen molar-refractivity contribution in [2.24, 2.45) is 5.92 Å². The Morgan fingerprint density at radius 3 is 2.32 bits per heavy atom. The molecule has 0 saturated carbocycles. The Morgan fingerprint density at radius 2 is 1.61 bits per heavy atom. The molecule has 2 aromatic carbocycles. The van der Waals surface area contributed by atoms with Gasteiger partial charge in [0.05, 0.1) is 12.6 Å². The number of carbonyl (C=O) groups is 5. The molecule has 2 aromatic rings. The van der Waals surface area contributed by atoms with Crippen molar-refractivity contribution in [3.63, 3.8) is 0 Å². The summed E-state index contributed by atoms with van der Waals surface area (Å²) < 4.78 is 0. The molecule has 236 valence electrons. The lowest BCUT2D eigenvalue weighted by molar-refractivity contribution is -0.144. The summed E-state index contributed by atoms with van der Waals surface area (Å²) in [5.41, 5.74) is 3.10. The molecule has 1 saturated heterocycles. The first kappa shape index (κ1) is 32.7. The molecule has 0 aliphatic carbocycles. The summed E-state index contributed by atoms with van der Waals surface area (Å²) in [5, 5.41) is 11.8. The maximum Gasteiger partial charge on any atom is 0.245 e. The first-order chi connectivity index (χ1) is 21.0. The van der Waals surface area contributed by atoms with Crippen LogP contribution in [0.25, 0.3) is 0 Å². The van der Waals surface area contributed by atoms with Crippen molar-refractivity contribution in [2.45, 2.75) is 70.7 Å². The molecule has 0 radical (unpaired) electrons. The Balaban J connectivity index is 1.58. The number of rotatable bonds is 4. The molecule has 4 atom stereocenters. The summed E-state index contributed by atoms with van der Waals surface area (Å²) in [6.07, 6.45) is 1.16. The van der Waals surface area contributed by atoms with Gasteiger partial charge in [-0.25, -0.2) is 0 Å². The number of nitrogens with one attached hydrogen (secondary N) is 4. The van der Waals surface area contributed by atoms with Crippen LogP contribution in [0, 0.1) is 5.92 Å². The van der Waals surface area contributed by atoms with Crippen molar-refractivity contribution in [2.75, 3.05) is 26.7 Å². The third kappa shape index (κ3) is 8.22. The second-order valence-electron chi connectivity index (χ2n) is 12.0. The van der Waals surface area contributed by atoms with Crippen LogP contribution in [-0.2, 0) is 43.4 Å². The second kappa shape index (κ2) is 15.0. The molecule has 0 unspecified atom stereocenters. The van der Waals surface area contributed by atoms with Crippen molar-refractivity contribution in [1.82, 2.24) is 31.1 Å². The number of fused-ring (bicyclic) bond motifs is 1. The minimum absolute atomic E-state index is 0.212. The molecule has 2 aliphatic rings. The quantitative estimate of drug-likeness (QED) is 0.407. The van der Waals surface area contributed by atoms with Crippen LogP contribution in [-0.4, -0.2) is 90.2 Å². The number of nitrogens with zero attached hydrogens (tertiary/aromatic N) is 2. The first-order valence-corrected chi connectivity index (χ1v) is 15.3. The summed E-state index contributed by atoms with van der Waals surface area (Å²) >= 11 is 0. The van der Waals surface area contributed by atoms with Gasteiger partial charge in [-0.05, 0) is 42.4 Å². The van der Waals surface area contributed by atoms with Gasteiger partial charge in [0.15, 0.2) is 0 Å². The van der Waals surface area contributed by atoms with Crippen LogP contribution in [0.2, 0.25) is 0 Å². The highest BCUT2D eigenvalue weighted by atomic mass is 16.2. The lowest BCUT2D eigenvalue weighted by Gasteiger charge is -2.35. The topological polar surface area (TPSA) is 140 Å². The monoisotopic (exact) mass is 604 g/mol. The maximum absolute atomic E-state index is 13.9. The zero-order valence-corrected chi connectivity index (χ0v) is 26.0. The summed E-state index contributed by atoms with van der Waals surface area (Å²) in [5.74, 6) is -2.23. The van der Waals surface area contributed by atoms with Crippen molar-refractivity contribution in [3.05, 3.63) is 71.3 Å². The normalized spacial score (nSPS) is 24.3. The SMILES string of the molecule is CC(C)[C@@H]1NC(=O)[C@@H](C)N(C(=O)[C@H]2Cc3ccccc3CN2)CCCNC(=O)[C@H](Cc2ccccc2)NC(=O)CN(C)C1=O. The molecule has 2 aliphatic heterocycles. The Bertz CT molecular complexity index is 1350. The van der Waals surface area contributed by atoms with Crippen LogP contribution >= 0.6 is 0 Å². The number of hydrogen-bond acceptors (Lipinski definition) is 6. The predicted molar refractivity (Wildman–Crippen MR) is 166 cm³/mol. The molecular formula is C33H44N6O5. The van der Waals surface area contributed by atoms with Crippen LogP contribution < -0.4 is 21.3 Å². The highest BCUT2D eigenvalue weighted by Gasteiger charge is 2.36. The molecule has 0 bridgehead atoms. The van der Waals surface area contributed by atoms with Gasteiger partial charge >= 0.3 is 0 Å². The van der Waals surface area contributed by atoms with E-state index < -0.39 is 41.9 Å². The Kier molecular flexibility index (Phi) is 11.1. The van der Waals surface area contributed by atoms with Gasteiger partial charge in [-0.2, -0.15) is 0 Å². The lowest BCUT2D eigenvalue weighted by Crippen LogP contribution is -2.59. The second-order valence-corrected chi connectivity index (χ2v) is 12.0. The fourth-order valence-electron chi connectivity index (χ4n) is 5.67. The van der Waals surface area contributed by atoms with Gasteiger partial charge in [0.2, 0.25) is 29.5 Å². The van der Waals surface area contributed by atoms with Crippen LogP contribution in [0.15, 0.2) is 54.6 Å². The third-order valence-corrected chi connectivity index (χ3v) is 8.31. The summed E-state index contributed by atoms with van der Waals surface area (Å²) in [6, 6.07) is 14.2. The van der Waals surface area contributed by atoms with E-state index in [1.54, 1.807) is 6.92 Å². The number of likely N-dealkylation sites (N-methyl/N-ethyl adjacent to an activating group) is 1. The lowest BCUT2D eigenvalue weighted by atomic mass is 9.94. The van der Waals surface area contributed by atoms with E-state index >= 15 is 0 Å². The van der Waals surface area contributed by atoms with Gasteiger partial charge in [-0.1, -0.05) is 68.4 Å². The average Bonchev–Trinajstić information content (AvgIpc) is 3.01. The summed E-state index contributed by atoms with van der Waals surface area (Å²) in [6.45, 7) is 5.99. The minimum Gasteiger partial charge on any atom is -0.354 e. The van der Waals surface area contributed by atoms with E-state index in [9.17, 15) is 24.0 Å². The highest BCUT2D eigenvalue weighted by molar-refractivity contribution is 5.95. The fraction of sp³-hybridized carbons (Fsp3) is 0.485. The standard InChI is InChI=1S/C33H44N6O5/c1-21(2)29-33(44)38(4)20-28(40)36-26(17-23-11-6-5-7-12-23)31(42)34-15-10-16-39(22(3)30(41)37-29)32(43)27-18-24-13-8-9-14-25(24)19-35-27/h5-9,11-14,21-22,26-27,29,35H,10,15-20H2,1-4H3,(H,34,42)(H,36,40)(H,37,41)/t22-,26+,27-,29+/m1/s1. The van der Waals surface area contributed by atoms with E-state index in [-0.39, 0.29) is 43.8 Å². The van der Waals surface area contributed by atoms with Gasteiger partial charge in [0.1, 0.15) is 18.1 Å². The third-order valence-electron chi connectivity index (χ3n) is 8.31. The first-order valence-electron chi connectivity index (χ1n) is 15.3. The molecule has 0 aromatic heterocycles. The molecule has 1 fully saturated rings. The van der Waals surface area contributed by atoms with Gasteiger partial charge < -0.3 is 31.1 Å². The molecule has 11 nitrogen and oxygen atoms in total. The van der Waals surface area contributed by atoms with E-state index in [0.717, 1.165) is 16.7 Å². The zero-order chi connectivity index (χ0) is 31.8. The van der Waals surface area contributed by atoms with Crippen LogP contribution in [0.5, 0.6) is 0 Å². The van der Waals surface area contributed by atoms with Gasteiger partial charge in [-0.3, -0.25) is 24.0 Å². The van der Waals surface area contributed by atoms with E-state index in [2.05, 4.69) is 21.3 Å². The van der Waals surface area contributed by atoms with E-state index in [4.69, 9.17) is 0 Å². The largest absolute Gasteiger partial charge is 0.354 e. The Morgan fingerprint density at radius 1 is 0.932 bits per heavy atom. The Labute approximate surface area is 259 Å². The molecule has 5 amide bonds. The van der Waals surface area contributed by atoms with Gasteiger partial charge in [-0.15, -0.1) is 0 Å². The molecule has 0 spiro atoms. The van der Waals surface area contributed by atoms with E-state index in [1.165, 1.54) is 16.8 Å². The summed E-state index contributed by atoms with van der Waals surface area (Å²) in [4.78, 5) is 70.0. The predicted octanol–water partition coefficient (Wildman–Crippen LogP) is 0.765. The molecule has 11 heteroatoms. The van der Waals surface area contributed by atoms with Gasteiger partial charge in [0.25, 0.3) is 0 Å². The number of benzene rings is 2. The minimum atomic E-state index is -0.907. The molecule has 44 heavy (non-hydrogen) atoms. The van der Waals surface area contributed by atoms with Crippen LogP contribution in [0.3, 0.4) is 0 Å². The number of hydrogen-bond donors (Lipinski definition) is 4. The average molecular weight is 605 g/mol. The fourth-order valence-corrected chi connectivity index (χ4v) is 5.67. The highest BCUT2D eigenvalue weighted by Crippen LogP contribution is 2.19. The smallest absolute Gasteiger partial charge is 0.245 e. The van der Waals surface area contributed by atoms with E-state index in [0.29, 0.717) is 19.4 Å². The van der Waals surface area contributed by atoms with Crippen LogP contribution in [0.4, 0.5) is 0 Å². The van der Waals surface area contributed by atoms with E-state index in [1.807, 2.05) is 68.4 Å². The van der Waals surface area contributed by atoms with Crippen molar-refractivity contribution in [1.29, 1.82) is 0 Å².